The van der Waals surface area contributed by atoms with Crippen molar-refractivity contribution in [2.75, 3.05) is 0 Å². The number of hydrogen-bond acceptors (Lipinski definition) is 2. The first kappa shape index (κ1) is 30.1. The third-order valence-electron chi connectivity index (χ3n) is 4.54. The summed E-state index contributed by atoms with van der Waals surface area (Å²) >= 11 is 22.6. The first-order chi connectivity index (χ1) is 17.2. The van der Waals surface area contributed by atoms with Crippen LogP contribution in [0.3, 0.4) is 0 Å². The second kappa shape index (κ2) is 10.2. The molecule has 38 heavy (non-hydrogen) atoms. The van der Waals surface area contributed by atoms with Crippen molar-refractivity contribution >= 4 is 46.4 Å². The quantitative estimate of drug-likeness (QED) is 0.267. The molecule has 3 nitrogen and oxygen atoms in total. The molecule has 205 valence electrons. The van der Waals surface area contributed by atoms with E-state index in [9.17, 15) is 49.0 Å². The van der Waals surface area contributed by atoms with Crippen molar-refractivity contribution in [1.82, 2.24) is 0 Å². The van der Waals surface area contributed by atoms with Gasteiger partial charge in [0.05, 0.1) is 26.2 Å². The number of ether oxygens (including phenoxy) is 2. The highest BCUT2D eigenvalue weighted by Crippen LogP contribution is 2.55. The fourth-order valence-corrected chi connectivity index (χ4v) is 3.87. The predicted molar refractivity (Wildman–Crippen MR) is 115 cm³/mol. The maximum absolute atomic E-state index is 14.7. The Morgan fingerprint density at radius 1 is 0.605 bits per heavy atom. The molecule has 0 saturated heterocycles. The summed E-state index contributed by atoms with van der Waals surface area (Å²) in [6, 6.07) is 1.54. The van der Waals surface area contributed by atoms with Gasteiger partial charge in [-0.1, -0.05) is 46.4 Å². The van der Waals surface area contributed by atoms with Crippen LogP contribution in [-0.4, -0.2) is 0 Å². The summed E-state index contributed by atoms with van der Waals surface area (Å²) in [6.45, 7) is 0. The lowest BCUT2D eigenvalue weighted by Gasteiger charge is -2.21. The molecule has 0 saturated carbocycles. The third-order valence-corrected chi connectivity index (χ3v) is 5.74. The molecule has 0 unspecified atom stereocenters. The number of benzene rings is 3. The lowest BCUT2D eigenvalue weighted by molar-refractivity contribution is -0.140. The zero-order valence-electron chi connectivity index (χ0n) is 17.4. The summed E-state index contributed by atoms with van der Waals surface area (Å²) in [5.74, 6) is -9.74. The number of hydrogen-bond donors (Lipinski definition) is 0. The Kier molecular flexibility index (Phi) is 8.11. The zero-order valence-corrected chi connectivity index (χ0v) is 20.4. The summed E-state index contributed by atoms with van der Waals surface area (Å²) in [7, 11) is 0. The van der Waals surface area contributed by atoms with Gasteiger partial charge in [-0.25, -0.2) is 0 Å². The van der Waals surface area contributed by atoms with Crippen molar-refractivity contribution in [3.05, 3.63) is 72.9 Å². The van der Waals surface area contributed by atoms with Gasteiger partial charge in [0, 0.05) is 0 Å². The Labute approximate surface area is 225 Å². The third kappa shape index (κ3) is 6.05. The number of alkyl halides is 9. The minimum atomic E-state index is -5.65. The average molecular weight is 637 g/mol. The van der Waals surface area contributed by atoms with E-state index in [0.717, 1.165) is 0 Å². The van der Waals surface area contributed by atoms with E-state index >= 15 is 0 Å². The summed E-state index contributed by atoms with van der Waals surface area (Å²) in [4.78, 5) is 0. The molecule has 3 aromatic rings. The van der Waals surface area contributed by atoms with E-state index in [0.29, 0.717) is 12.1 Å². The van der Waals surface area contributed by atoms with Crippen LogP contribution in [0.15, 0.2) is 30.3 Å². The van der Waals surface area contributed by atoms with Gasteiger partial charge in [0.25, 0.3) is 0 Å². The molecule has 0 heterocycles. The Balaban J connectivity index is 2.24. The van der Waals surface area contributed by atoms with E-state index in [4.69, 9.17) is 55.9 Å². The second-order valence-corrected chi connectivity index (χ2v) is 8.70. The number of rotatable bonds is 4. The summed E-state index contributed by atoms with van der Waals surface area (Å²) < 4.78 is 144. The maximum Gasteiger partial charge on any atom is 0.423 e. The van der Waals surface area contributed by atoms with Crippen LogP contribution >= 0.6 is 46.4 Å². The highest BCUT2D eigenvalue weighted by atomic mass is 35.5. The van der Waals surface area contributed by atoms with Gasteiger partial charge >= 0.3 is 18.5 Å². The van der Waals surface area contributed by atoms with Crippen molar-refractivity contribution in [3.8, 4) is 28.7 Å². The minimum Gasteiger partial charge on any atom is -0.452 e. The first-order valence-corrected chi connectivity index (χ1v) is 10.8. The van der Waals surface area contributed by atoms with Gasteiger partial charge in [0.2, 0.25) is 11.6 Å². The van der Waals surface area contributed by atoms with E-state index in [1.54, 1.807) is 0 Å². The number of halogens is 14. The smallest absolute Gasteiger partial charge is 0.423 e. The molecule has 0 atom stereocenters. The molecular weight excluding hydrogens is 632 g/mol. The van der Waals surface area contributed by atoms with Crippen molar-refractivity contribution in [1.29, 1.82) is 0 Å². The first-order valence-electron chi connectivity index (χ1n) is 9.31. The molecule has 1 radical (unpaired) electrons. The van der Waals surface area contributed by atoms with Gasteiger partial charge in [-0.2, -0.15) is 43.9 Å². The normalized spacial score (nSPS) is 12.6. The molecule has 0 aliphatic rings. The molecule has 0 aromatic heterocycles. The summed E-state index contributed by atoms with van der Waals surface area (Å²) in [6.07, 6.45) is -15.5. The van der Waals surface area contributed by atoms with E-state index in [-0.39, 0.29) is 18.2 Å². The highest BCUT2D eigenvalue weighted by Gasteiger charge is 2.44. The van der Waals surface area contributed by atoms with Gasteiger partial charge in [-0.15, -0.1) is 0 Å². The molecule has 0 spiro atoms. The molecule has 0 fully saturated rings. The van der Waals surface area contributed by atoms with Crippen LogP contribution in [0, 0.1) is 5.82 Å². The van der Waals surface area contributed by atoms with Crippen LogP contribution in [-0.2, 0) is 23.6 Å². The van der Waals surface area contributed by atoms with Crippen molar-refractivity contribution in [2.45, 2.75) is 18.5 Å². The topological polar surface area (TPSA) is 38.4 Å². The van der Waals surface area contributed by atoms with Crippen molar-refractivity contribution in [3.63, 3.8) is 0 Å². The van der Waals surface area contributed by atoms with Gasteiger partial charge in [0.1, 0.15) is 16.3 Å². The molecule has 0 bridgehead atoms. The fourth-order valence-electron chi connectivity index (χ4n) is 2.87. The van der Waals surface area contributed by atoms with Crippen LogP contribution in [0.5, 0.6) is 28.7 Å². The predicted octanol–water partition coefficient (Wildman–Crippen LogP) is 11.2. The molecule has 0 aliphatic heterocycles. The molecule has 0 N–H and O–H groups in total. The lowest BCUT2D eigenvalue weighted by atomic mass is 10.1. The Bertz CT molecular complexity index is 1380. The molecule has 0 amide bonds. The Morgan fingerprint density at radius 2 is 1.11 bits per heavy atom. The Morgan fingerprint density at radius 3 is 1.55 bits per heavy atom. The van der Waals surface area contributed by atoms with E-state index < -0.39 is 89.9 Å². The lowest BCUT2D eigenvalue weighted by Crippen LogP contribution is -2.12. The van der Waals surface area contributed by atoms with Crippen LogP contribution in [0.4, 0.5) is 43.9 Å². The zero-order chi connectivity index (χ0) is 29.0. The summed E-state index contributed by atoms with van der Waals surface area (Å²) in [5.41, 5.74) is -4.96. The van der Waals surface area contributed by atoms with Crippen molar-refractivity contribution in [2.24, 2.45) is 0 Å². The van der Waals surface area contributed by atoms with Gasteiger partial charge < -0.3 is 9.47 Å². The van der Waals surface area contributed by atoms with Crippen molar-refractivity contribution < 1.29 is 58.5 Å². The largest absolute Gasteiger partial charge is 0.452 e. The molecule has 17 heteroatoms. The van der Waals surface area contributed by atoms with Gasteiger partial charge in [-0.3, -0.25) is 5.11 Å². The monoisotopic (exact) mass is 635 g/mol. The molecule has 0 aliphatic carbocycles. The maximum atomic E-state index is 14.7. The molecule has 3 aromatic carbocycles. The van der Waals surface area contributed by atoms with E-state index in [1.165, 1.54) is 0 Å². The van der Waals surface area contributed by atoms with Crippen LogP contribution < -0.4 is 9.47 Å². The Hall–Kier alpha value is -2.48. The highest BCUT2D eigenvalue weighted by molar-refractivity contribution is 6.37. The standard InChI is InChI=1S/C21H5Cl4F10O3/c22-8-3-6(19(27,28)29)1-2-11(8)37-18-12(21(33,34)35)17(13(25)15(36)14(18)26)38-16-9(23)4-7(5-10(16)24)20(30,31)32/h1-5H. The second-order valence-electron chi connectivity index (χ2n) is 7.10. The van der Waals surface area contributed by atoms with Crippen LogP contribution in [0.1, 0.15) is 16.7 Å². The van der Waals surface area contributed by atoms with E-state index in [2.05, 4.69) is 0 Å². The van der Waals surface area contributed by atoms with Crippen LogP contribution in [0.2, 0.25) is 20.1 Å². The molecular formula is C21H5Cl4F10O3. The average Bonchev–Trinajstić information content (AvgIpc) is 2.76. The van der Waals surface area contributed by atoms with E-state index in [1.807, 2.05) is 0 Å². The van der Waals surface area contributed by atoms with Crippen LogP contribution in [0.25, 0.3) is 0 Å². The summed E-state index contributed by atoms with van der Waals surface area (Å²) in [5, 5.41) is 7.86. The van der Waals surface area contributed by atoms with Gasteiger partial charge in [0.15, 0.2) is 17.2 Å². The molecule has 3 rings (SSSR count). The van der Waals surface area contributed by atoms with Gasteiger partial charge in [-0.05, 0) is 30.3 Å². The minimum absolute atomic E-state index is 0.241. The fraction of sp³-hybridized carbons (Fsp3) is 0.143. The SMILES string of the molecule is [O]c1c(F)c(Oc2ccc(C(F)(F)F)cc2Cl)c(C(F)(F)F)c(Oc2c(Cl)cc(C(F)(F)F)cc2Cl)c1Cl.